The molecule has 1 aliphatic heterocycles. The Bertz CT molecular complexity index is 475. The topological polar surface area (TPSA) is 75.7 Å². The molecule has 2 aliphatic rings. The summed E-state index contributed by atoms with van der Waals surface area (Å²) in [5.74, 6) is -1.07. The highest BCUT2D eigenvalue weighted by Crippen LogP contribution is 2.28. The Hall–Kier alpha value is -1.56. The lowest BCUT2D eigenvalue weighted by Gasteiger charge is -2.20. The highest BCUT2D eigenvalue weighted by molar-refractivity contribution is 6.31. The van der Waals surface area contributed by atoms with Crippen molar-refractivity contribution in [1.82, 2.24) is 10.2 Å². The van der Waals surface area contributed by atoms with E-state index in [4.69, 9.17) is 16.3 Å². The van der Waals surface area contributed by atoms with Crippen molar-refractivity contribution in [2.45, 2.75) is 38.7 Å². The molecule has 1 heterocycles. The van der Waals surface area contributed by atoms with Crippen molar-refractivity contribution in [2.75, 3.05) is 13.1 Å². The molecule has 0 saturated carbocycles. The van der Waals surface area contributed by atoms with Gasteiger partial charge in [-0.25, -0.2) is 9.59 Å². The van der Waals surface area contributed by atoms with Gasteiger partial charge in [-0.3, -0.25) is 9.69 Å². The third-order valence-corrected chi connectivity index (χ3v) is 3.82. The average molecular weight is 301 g/mol. The van der Waals surface area contributed by atoms with Crippen LogP contribution in [0, 0.1) is 0 Å². The number of ether oxygens (including phenoxy) is 1. The molecule has 110 valence electrons. The predicted octanol–water partition coefficient (Wildman–Crippen LogP) is 1.54. The van der Waals surface area contributed by atoms with Crippen LogP contribution in [0.25, 0.3) is 0 Å². The Labute approximate surface area is 122 Å². The van der Waals surface area contributed by atoms with Crippen molar-refractivity contribution in [2.24, 2.45) is 0 Å². The number of hydrogen-bond donors (Lipinski definition) is 1. The number of allylic oxidation sites excluding steroid dienone is 1. The molecule has 0 radical (unpaired) electrons. The van der Waals surface area contributed by atoms with Gasteiger partial charge in [0, 0.05) is 18.1 Å². The van der Waals surface area contributed by atoms with E-state index < -0.39 is 24.0 Å². The van der Waals surface area contributed by atoms with E-state index in [1.807, 2.05) is 0 Å². The number of carbonyl (C=O) groups is 3. The van der Waals surface area contributed by atoms with E-state index in [9.17, 15) is 14.4 Å². The Morgan fingerprint density at radius 2 is 2.05 bits per heavy atom. The number of halogens is 1. The molecular formula is C13H17ClN2O4. The van der Waals surface area contributed by atoms with Gasteiger partial charge < -0.3 is 10.1 Å². The van der Waals surface area contributed by atoms with Crippen LogP contribution in [0.5, 0.6) is 0 Å². The standard InChI is InChI=1S/C13H17ClN2O4/c1-8(11(17)16-7-6-15-13(16)19)20-12(18)9-4-2-3-5-10(9)14/h8H,2-7H2,1H3,(H,15,19)/t8-/m1/s1. The third kappa shape index (κ3) is 3.12. The number of carbonyl (C=O) groups excluding carboxylic acids is 3. The first-order valence-corrected chi connectivity index (χ1v) is 7.06. The zero-order valence-electron chi connectivity index (χ0n) is 11.3. The minimum atomic E-state index is -0.995. The van der Waals surface area contributed by atoms with Gasteiger partial charge in [-0.1, -0.05) is 11.6 Å². The van der Waals surface area contributed by atoms with Crippen molar-refractivity contribution in [1.29, 1.82) is 0 Å². The minimum absolute atomic E-state index is 0.295. The quantitative estimate of drug-likeness (QED) is 0.802. The molecule has 6 nitrogen and oxygen atoms in total. The molecule has 0 aromatic carbocycles. The number of rotatable bonds is 3. The first-order valence-electron chi connectivity index (χ1n) is 6.68. The van der Waals surface area contributed by atoms with E-state index in [1.54, 1.807) is 0 Å². The highest BCUT2D eigenvalue weighted by Gasteiger charge is 2.32. The van der Waals surface area contributed by atoms with E-state index in [0.29, 0.717) is 36.5 Å². The molecule has 20 heavy (non-hydrogen) atoms. The van der Waals surface area contributed by atoms with Crippen LogP contribution < -0.4 is 5.32 Å². The van der Waals surface area contributed by atoms with Crippen LogP contribution >= 0.6 is 11.6 Å². The maximum atomic E-state index is 12.0. The molecule has 0 aromatic rings. The summed E-state index contributed by atoms with van der Waals surface area (Å²) in [6, 6.07) is -0.451. The lowest BCUT2D eigenvalue weighted by molar-refractivity contribution is -0.154. The molecule has 0 unspecified atom stereocenters. The van der Waals surface area contributed by atoms with E-state index in [0.717, 1.165) is 17.7 Å². The first-order chi connectivity index (χ1) is 9.50. The largest absolute Gasteiger partial charge is 0.449 e. The normalized spacial score (nSPS) is 20.7. The summed E-state index contributed by atoms with van der Waals surface area (Å²) in [7, 11) is 0. The van der Waals surface area contributed by atoms with Crippen LogP contribution in [-0.4, -0.2) is 42.0 Å². The number of nitrogens with one attached hydrogen (secondary N) is 1. The van der Waals surface area contributed by atoms with E-state index in [-0.39, 0.29) is 0 Å². The molecule has 1 atom stereocenters. The molecule has 1 fully saturated rings. The number of hydrogen-bond acceptors (Lipinski definition) is 4. The third-order valence-electron chi connectivity index (χ3n) is 3.40. The van der Waals surface area contributed by atoms with Gasteiger partial charge in [0.15, 0.2) is 6.10 Å². The molecule has 0 spiro atoms. The van der Waals surface area contributed by atoms with Crippen molar-refractivity contribution < 1.29 is 19.1 Å². The van der Waals surface area contributed by atoms with Crippen molar-refractivity contribution in [3.05, 3.63) is 10.6 Å². The SMILES string of the molecule is C[C@@H](OC(=O)C1=C(Cl)CCCC1)C(=O)N1CCNC1=O. The second-order valence-corrected chi connectivity index (χ2v) is 5.32. The van der Waals surface area contributed by atoms with Gasteiger partial charge in [0.2, 0.25) is 0 Å². The summed E-state index contributed by atoms with van der Waals surface area (Å²) in [6.07, 6.45) is 2.09. The van der Waals surface area contributed by atoms with Gasteiger partial charge in [-0.2, -0.15) is 0 Å². The van der Waals surface area contributed by atoms with E-state index in [1.165, 1.54) is 6.92 Å². The van der Waals surface area contributed by atoms with Gasteiger partial charge in [-0.05, 0) is 32.6 Å². The Morgan fingerprint density at radius 1 is 1.35 bits per heavy atom. The van der Waals surface area contributed by atoms with Gasteiger partial charge >= 0.3 is 12.0 Å². The van der Waals surface area contributed by atoms with Crippen LogP contribution in [0.15, 0.2) is 10.6 Å². The zero-order chi connectivity index (χ0) is 14.7. The van der Waals surface area contributed by atoms with Gasteiger partial charge in [-0.15, -0.1) is 0 Å². The molecule has 3 amide bonds. The zero-order valence-corrected chi connectivity index (χ0v) is 12.0. The van der Waals surface area contributed by atoms with Crippen molar-refractivity contribution in [3.63, 3.8) is 0 Å². The molecular weight excluding hydrogens is 284 g/mol. The Morgan fingerprint density at radius 3 is 2.65 bits per heavy atom. The van der Waals surface area contributed by atoms with Crippen LogP contribution in [-0.2, 0) is 14.3 Å². The lowest BCUT2D eigenvalue weighted by Crippen LogP contribution is -2.42. The molecule has 2 rings (SSSR count). The van der Waals surface area contributed by atoms with Crippen LogP contribution in [0.4, 0.5) is 4.79 Å². The van der Waals surface area contributed by atoms with Gasteiger partial charge in [0.25, 0.3) is 5.91 Å². The monoisotopic (exact) mass is 300 g/mol. The number of nitrogens with zero attached hydrogens (tertiary/aromatic N) is 1. The number of esters is 1. The maximum absolute atomic E-state index is 12.0. The second kappa shape index (κ2) is 6.26. The van der Waals surface area contributed by atoms with Crippen LogP contribution in [0.1, 0.15) is 32.6 Å². The molecule has 1 aliphatic carbocycles. The summed E-state index contributed by atoms with van der Waals surface area (Å²) >= 11 is 6.01. The van der Waals surface area contributed by atoms with Crippen molar-refractivity contribution >= 4 is 29.5 Å². The fraction of sp³-hybridized carbons (Fsp3) is 0.615. The van der Waals surface area contributed by atoms with E-state index >= 15 is 0 Å². The minimum Gasteiger partial charge on any atom is -0.449 e. The molecule has 7 heteroatoms. The summed E-state index contributed by atoms with van der Waals surface area (Å²) in [6.45, 7) is 2.17. The van der Waals surface area contributed by atoms with Crippen molar-refractivity contribution in [3.8, 4) is 0 Å². The summed E-state index contributed by atoms with van der Waals surface area (Å²) < 4.78 is 5.13. The molecule has 0 bridgehead atoms. The first kappa shape index (κ1) is 14.8. The van der Waals surface area contributed by atoms with Crippen LogP contribution in [0.3, 0.4) is 0 Å². The average Bonchev–Trinajstić information content (AvgIpc) is 2.84. The summed E-state index contributed by atoms with van der Waals surface area (Å²) in [4.78, 5) is 36.4. The number of amides is 3. The number of urea groups is 1. The lowest BCUT2D eigenvalue weighted by atomic mass is 9.99. The summed E-state index contributed by atoms with van der Waals surface area (Å²) in [5.41, 5.74) is 0.448. The fourth-order valence-corrected chi connectivity index (χ4v) is 2.57. The van der Waals surface area contributed by atoms with Gasteiger partial charge in [0.1, 0.15) is 0 Å². The Balaban J connectivity index is 1.97. The molecule has 1 N–H and O–H groups in total. The van der Waals surface area contributed by atoms with Gasteiger partial charge in [0.05, 0.1) is 5.57 Å². The Kier molecular flexibility index (Phi) is 4.65. The second-order valence-electron chi connectivity index (χ2n) is 4.86. The smallest absolute Gasteiger partial charge is 0.335 e. The fourth-order valence-electron chi connectivity index (χ4n) is 2.26. The number of imide groups is 1. The summed E-state index contributed by atoms with van der Waals surface area (Å²) in [5, 5.41) is 3.04. The van der Waals surface area contributed by atoms with Crippen LogP contribution in [0.2, 0.25) is 0 Å². The molecule has 0 aromatic heterocycles. The highest BCUT2D eigenvalue weighted by atomic mass is 35.5. The predicted molar refractivity (Wildman–Crippen MR) is 72.0 cm³/mol. The molecule has 1 saturated heterocycles. The maximum Gasteiger partial charge on any atom is 0.335 e. The van der Waals surface area contributed by atoms with E-state index in [2.05, 4.69) is 5.32 Å².